The molecule has 0 saturated heterocycles. The molecule has 2 heterocycles. The summed E-state index contributed by atoms with van der Waals surface area (Å²) in [5.41, 5.74) is 2.74. The topological polar surface area (TPSA) is 37.3 Å². The molecule has 4 aliphatic carbocycles. The van der Waals surface area contributed by atoms with Crippen molar-refractivity contribution in [2.75, 3.05) is 6.54 Å². The molecule has 25 heavy (non-hydrogen) atoms. The van der Waals surface area contributed by atoms with Gasteiger partial charge in [-0.15, -0.1) is 0 Å². The van der Waals surface area contributed by atoms with Crippen molar-refractivity contribution in [3.05, 3.63) is 23.5 Å². The van der Waals surface area contributed by atoms with Gasteiger partial charge in [0.1, 0.15) is 0 Å². The van der Waals surface area contributed by atoms with Crippen molar-refractivity contribution in [3.63, 3.8) is 0 Å². The Kier molecular flexibility index (Phi) is 3.48. The number of fused-ring (bicyclic) bond motifs is 1. The van der Waals surface area contributed by atoms with E-state index in [-0.39, 0.29) is 17.6 Å². The third kappa shape index (κ3) is 2.43. The van der Waals surface area contributed by atoms with Crippen LogP contribution in [0.4, 0.5) is 4.79 Å². The summed E-state index contributed by atoms with van der Waals surface area (Å²) in [5.74, 6) is 2.61. The average molecular weight is 341 g/mol. The summed E-state index contributed by atoms with van der Waals surface area (Å²) in [6, 6.07) is 4.82. The zero-order valence-corrected chi connectivity index (χ0v) is 15.6. The highest BCUT2D eigenvalue weighted by atomic mass is 16.2. The van der Waals surface area contributed by atoms with E-state index in [0.29, 0.717) is 0 Å². The van der Waals surface area contributed by atoms with E-state index in [0.717, 1.165) is 37.3 Å². The highest BCUT2D eigenvalue weighted by Crippen LogP contribution is 2.55. The Hall–Kier alpha value is -1.45. The lowest BCUT2D eigenvalue weighted by Gasteiger charge is -2.57. The highest BCUT2D eigenvalue weighted by molar-refractivity contribution is 5.76. The van der Waals surface area contributed by atoms with Crippen LogP contribution in [-0.4, -0.2) is 27.6 Å². The van der Waals surface area contributed by atoms with Crippen LogP contribution in [0.3, 0.4) is 0 Å². The van der Waals surface area contributed by atoms with Crippen molar-refractivity contribution < 1.29 is 4.79 Å². The van der Waals surface area contributed by atoms with Gasteiger partial charge in [0.05, 0.1) is 6.04 Å². The van der Waals surface area contributed by atoms with Crippen LogP contribution in [0, 0.1) is 24.7 Å². The standard InChI is InChI=1S/C21H31N3O/c1-3-18-19-5-4-14(2)23(19)6-7-24(18)20(25)22-21-11-15-8-16(12-21)10-17(9-15)13-21/h4-5,15-18H,3,6-13H2,1-2H3,(H,22,25). The average Bonchev–Trinajstić information content (AvgIpc) is 2.93. The number of hydrogen-bond acceptors (Lipinski definition) is 1. The van der Waals surface area contributed by atoms with Crippen LogP contribution in [-0.2, 0) is 6.54 Å². The molecule has 4 saturated carbocycles. The molecule has 1 N–H and O–H groups in total. The lowest BCUT2D eigenvalue weighted by molar-refractivity contribution is -0.0169. The van der Waals surface area contributed by atoms with Crippen molar-refractivity contribution in [1.82, 2.24) is 14.8 Å². The smallest absolute Gasteiger partial charge is 0.318 e. The summed E-state index contributed by atoms with van der Waals surface area (Å²) in [6.07, 6.45) is 8.92. The Morgan fingerprint density at radius 1 is 1.12 bits per heavy atom. The molecule has 4 bridgehead atoms. The van der Waals surface area contributed by atoms with E-state index >= 15 is 0 Å². The molecule has 5 aliphatic rings. The van der Waals surface area contributed by atoms with Gasteiger partial charge in [0.15, 0.2) is 0 Å². The van der Waals surface area contributed by atoms with Gasteiger partial charge in [-0.25, -0.2) is 4.79 Å². The number of urea groups is 1. The number of aromatic nitrogens is 1. The molecule has 1 aliphatic heterocycles. The summed E-state index contributed by atoms with van der Waals surface area (Å²) in [7, 11) is 0. The van der Waals surface area contributed by atoms with Gasteiger partial charge in [-0.2, -0.15) is 0 Å². The quantitative estimate of drug-likeness (QED) is 0.858. The SMILES string of the molecule is CCC1c2ccc(C)n2CCN1C(=O)NC12CC3CC(CC(C3)C1)C2. The maximum atomic E-state index is 13.3. The van der Waals surface area contributed by atoms with E-state index in [1.807, 2.05) is 0 Å². The van der Waals surface area contributed by atoms with Gasteiger partial charge >= 0.3 is 6.03 Å². The lowest BCUT2D eigenvalue weighted by Crippen LogP contribution is -2.62. The van der Waals surface area contributed by atoms with Crippen LogP contribution >= 0.6 is 0 Å². The summed E-state index contributed by atoms with van der Waals surface area (Å²) < 4.78 is 2.39. The number of nitrogens with zero attached hydrogens (tertiary/aromatic N) is 2. The molecule has 136 valence electrons. The molecule has 0 spiro atoms. The number of rotatable bonds is 2. The van der Waals surface area contributed by atoms with E-state index < -0.39 is 0 Å². The predicted octanol–water partition coefficient (Wildman–Crippen LogP) is 4.24. The third-order valence-corrected chi connectivity index (χ3v) is 7.57. The van der Waals surface area contributed by atoms with Crippen molar-refractivity contribution in [3.8, 4) is 0 Å². The first kappa shape index (κ1) is 15.8. The predicted molar refractivity (Wildman–Crippen MR) is 98.3 cm³/mol. The second kappa shape index (κ2) is 5.52. The molecule has 4 nitrogen and oxygen atoms in total. The van der Waals surface area contributed by atoms with Crippen LogP contribution < -0.4 is 5.32 Å². The van der Waals surface area contributed by atoms with E-state index in [4.69, 9.17) is 0 Å². The molecular weight excluding hydrogens is 310 g/mol. The fraction of sp³-hybridized carbons (Fsp3) is 0.762. The summed E-state index contributed by atoms with van der Waals surface area (Å²) in [5, 5.41) is 3.57. The highest BCUT2D eigenvalue weighted by Gasteiger charge is 2.52. The van der Waals surface area contributed by atoms with Crippen LogP contribution in [0.1, 0.15) is 69.3 Å². The molecule has 4 fully saturated rings. The maximum absolute atomic E-state index is 13.3. The molecule has 2 amide bonds. The van der Waals surface area contributed by atoms with Gasteiger partial charge in [0.25, 0.3) is 0 Å². The first-order valence-electron chi connectivity index (χ1n) is 10.3. The Morgan fingerprint density at radius 2 is 1.76 bits per heavy atom. The van der Waals surface area contributed by atoms with Gasteiger partial charge in [-0.1, -0.05) is 6.92 Å². The molecule has 1 atom stereocenters. The minimum atomic E-state index is 0.111. The number of hydrogen-bond donors (Lipinski definition) is 1. The number of nitrogens with one attached hydrogen (secondary N) is 1. The molecule has 4 heteroatoms. The van der Waals surface area contributed by atoms with Gasteiger partial charge in [0.2, 0.25) is 0 Å². The monoisotopic (exact) mass is 341 g/mol. The minimum Gasteiger partial charge on any atom is -0.345 e. The molecule has 1 aromatic rings. The lowest BCUT2D eigenvalue weighted by atomic mass is 9.53. The second-order valence-electron chi connectivity index (χ2n) is 9.30. The molecule has 1 unspecified atom stereocenters. The van der Waals surface area contributed by atoms with Crippen LogP contribution in [0.15, 0.2) is 12.1 Å². The van der Waals surface area contributed by atoms with E-state index in [1.165, 1.54) is 49.9 Å². The van der Waals surface area contributed by atoms with E-state index in [1.54, 1.807) is 0 Å². The van der Waals surface area contributed by atoms with E-state index in [2.05, 4.69) is 40.8 Å². The number of aryl methyl sites for hydroxylation is 1. The largest absolute Gasteiger partial charge is 0.345 e. The van der Waals surface area contributed by atoms with Gasteiger partial charge in [-0.05, 0) is 81.8 Å². The van der Waals surface area contributed by atoms with Crippen LogP contribution in [0.2, 0.25) is 0 Å². The summed E-state index contributed by atoms with van der Waals surface area (Å²) in [4.78, 5) is 15.4. The molecule has 0 radical (unpaired) electrons. The van der Waals surface area contributed by atoms with Gasteiger partial charge in [0, 0.05) is 30.0 Å². The maximum Gasteiger partial charge on any atom is 0.318 e. The number of carbonyl (C=O) groups is 1. The third-order valence-electron chi connectivity index (χ3n) is 7.57. The summed E-state index contributed by atoms with van der Waals surface area (Å²) in [6.45, 7) is 6.13. The normalized spacial score (nSPS) is 38.7. The van der Waals surface area contributed by atoms with Crippen LogP contribution in [0.25, 0.3) is 0 Å². The minimum absolute atomic E-state index is 0.111. The Morgan fingerprint density at radius 3 is 2.36 bits per heavy atom. The van der Waals surface area contributed by atoms with Crippen molar-refractivity contribution in [2.45, 2.75) is 76.9 Å². The molecule has 0 aromatic carbocycles. The molecule has 1 aromatic heterocycles. The van der Waals surface area contributed by atoms with E-state index in [9.17, 15) is 4.79 Å². The Balaban J connectivity index is 1.36. The van der Waals surface area contributed by atoms with Gasteiger partial charge in [-0.3, -0.25) is 0 Å². The second-order valence-corrected chi connectivity index (χ2v) is 9.30. The Labute approximate surface area is 151 Å². The zero-order valence-electron chi connectivity index (χ0n) is 15.6. The summed E-state index contributed by atoms with van der Waals surface area (Å²) >= 11 is 0. The zero-order chi connectivity index (χ0) is 17.2. The Bertz CT molecular complexity index is 656. The number of carbonyl (C=O) groups excluding carboxylic acids is 1. The fourth-order valence-electron chi connectivity index (χ4n) is 6.94. The first-order chi connectivity index (χ1) is 12.1. The molecule has 6 rings (SSSR count). The molecular formula is C21H31N3O. The van der Waals surface area contributed by atoms with Crippen molar-refractivity contribution in [1.29, 1.82) is 0 Å². The van der Waals surface area contributed by atoms with Gasteiger partial charge < -0.3 is 14.8 Å². The first-order valence-corrected chi connectivity index (χ1v) is 10.3. The number of amides is 2. The van der Waals surface area contributed by atoms with Crippen molar-refractivity contribution >= 4 is 6.03 Å². The van der Waals surface area contributed by atoms with Crippen molar-refractivity contribution in [2.24, 2.45) is 17.8 Å². The van der Waals surface area contributed by atoms with Crippen LogP contribution in [0.5, 0.6) is 0 Å². The fourth-order valence-corrected chi connectivity index (χ4v) is 6.94.